The number of rotatable bonds is 7. The van der Waals surface area contributed by atoms with Gasteiger partial charge in [0.05, 0.1) is 12.6 Å². The maximum Gasteiger partial charge on any atom is 0.255 e. The van der Waals surface area contributed by atoms with Gasteiger partial charge in [-0.3, -0.25) is 14.5 Å². The zero-order valence-corrected chi connectivity index (χ0v) is 19.2. The van der Waals surface area contributed by atoms with Crippen LogP contribution in [-0.4, -0.2) is 95.5 Å². The van der Waals surface area contributed by atoms with Gasteiger partial charge in [-0.15, -0.1) is 0 Å². The van der Waals surface area contributed by atoms with Crippen molar-refractivity contribution in [3.8, 4) is 0 Å². The van der Waals surface area contributed by atoms with E-state index >= 15 is 0 Å². The van der Waals surface area contributed by atoms with Crippen LogP contribution in [0.2, 0.25) is 0 Å². The molecule has 0 saturated carbocycles. The number of ether oxygens (including phenoxy) is 2. The van der Waals surface area contributed by atoms with Gasteiger partial charge in [0.2, 0.25) is 0 Å². The molecule has 3 saturated heterocycles. The number of morpholine rings is 1. The molecule has 0 aliphatic carbocycles. The quantitative estimate of drug-likeness (QED) is 0.654. The highest BCUT2D eigenvalue weighted by molar-refractivity contribution is 5.92. The van der Waals surface area contributed by atoms with E-state index in [1.54, 1.807) is 4.90 Å². The van der Waals surface area contributed by atoms with Crippen LogP contribution in [0.15, 0.2) is 60.7 Å². The second kappa shape index (κ2) is 10.2. The molecule has 0 radical (unpaired) electrons. The Kier molecular flexibility index (Phi) is 6.92. The smallest absolute Gasteiger partial charge is 0.255 e. The van der Waals surface area contributed by atoms with Gasteiger partial charge in [-0.1, -0.05) is 60.7 Å². The fourth-order valence-electron chi connectivity index (χ4n) is 5.04. The monoisotopic (exact) mass is 465 g/mol. The Bertz CT molecular complexity index is 980. The molecule has 3 aliphatic rings. The van der Waals surface area contributed by atoms with E-state index in [2.05, 4.69) is 4.90 Å². The number of amides is 2. The zero-order chi connectivity index (χ0) is 23.5. The van der Waals surface area contributed by atoms with Crippen LogP contribution in [0.1, 0.15) is 11.1 Å². The molecule has 3 aliphatic heterocycles. The first-order valence-electron chi connectivity index (χ1n) is 12.0. The molecular weight excluding hydrogens is 434 g/mol. The topological polar surface area (TPSA) is 82.6 Å². The number of aliphatic hydroxyl groups is 1. The summed E-state index contributed by atoms with van der Waals surface area (Å²) in [7, 11) is 0. The SMILES string of the molecule is O=C([C@@H]1O[C@@H]2O[C@H]1C(=O)N(Cc1ccccc1)[C@H]2Cc1ccccc1)N1CCN(CCO)CC1. The van der Waals surface area contributed by atoms with E-state index in [0.717, 1.165) is 11.1 Å². The molecule has 2 amide bonds. The molecule has 180 valence electrons. The molecule has 2 bridgehead atoms. The lowest BCUT2D eigenvalue weighted by Crippen LogP contribution is -2.58. The molecule has 0 aromatic heterocycles. The number of carbonyl (C=O) groups is 2. The van der Waals surface area contributed by atoms with Crippen LogP contribution in [0.3, 0.4) is 0 Å². The van der Waals surface area contributed by atoms with Crippen LogP contribution in [-0.2, 0) is 32.0 Å². The largest absolute Gasteiger partial charge is 0.395 e. The van der Waals surface area contributed by atoms with Crippen molar-refractivity contribution in [2.24, 2.45) is 0 Å². The van der Waals surface area contributed by atoms with Gasteiger partial charge in [-0.2, -0.15) is 0 Å². The minimum absolute atomic E-state index is 0.103. The number of nitrogens with zero attached hydrogens (tertiary/aromatic N) is 3. The van der Waals surface area contributed by atoms with Gasteiger partial charge in [0, 0.05) is 39.3 Å². The number of hydrogen-bond donors (Lipinski definition) is 1. The number of β-amino-alcohol motifs (C(OH)–C–C–N with tert-alkyl or cyclic N) is 1. The number of aliphatic hydroxyl groups excluding tert-OH is 1. The fourth-order valence-corrected chi connectivity index (χ4v) is 5.04. The van der Waals surface area contributed by atoms with Crippen molar-refractivity contribution in [3.63, 3.8) is 0 Å². The van der Waals surface area contributed by atoms with Gasteiger partial charge in [0.25, 0.3) is 11.8 Å². The predicted molar refractivity (Wildman–Crippen MR) is 125 cm³/mol. The minimum Gasteiger partial charge on any atom is -0.395 e. The van der Waals surface area contributed by atoms with Crippen LogP contribution in [0.25, 0.3) is 0 Å². The summed E-state index contributed by atoms with van der Waals surface area (Å²) in [6.45, 7) is 3.63. The van der Waals surface area contributed by atoms with Crippen LogP contribution in [0, 0.1) is 0 Å². The Balaban J connectivity index is 1.35. The van der Waals surface area contributed by atoms with E-state index < -0.39 is 18.5 Å². The average molecular weight is 466 g/mol. The summed E-state index contributed by atoms with van der Waals surface area (Å²) in [6, 6.07) is 19.5. The number of hydrogen-bond acceptors (Lipinski definition) is 6. The molecule has 0 unspecified atom stereocenters. The van der Waals surface area contributed by atoms with E-state index in [1.807, 2.05) is 65.6 Å². The molecule has 3 heterocycles. The summed E-state index contributed by atoms with van der Waals surface area (Å²) >= 11 is 0. The lowest BCUT2D eigenvalue weighted by molar-refractivity contribution is -0.177. The van der Waals surface area contributed by atoms with Gasteiger partial charge < -0.3 is 24.4 Å². The lowest BCUT2D eigenvalue weighted by atomic mass is 10.0. The molecule has 2 aromatic carbocycles. The lowest BCUT2D eigenvalue weighted by Gasteiger charge is -2.39. The summed E-state index contributed by atoms with van der Waals surface area (Å²) < 4.78 is 12.2. The molecule has 34 heavy (non-hydrogen) atoms. The summed E-state index contributed by atoms with van der Waals surface area (Å²) in [5.74, 6) is -0.389. The van der Waals surface area contributed by atoms with Gasteiger partial charge in [0.15, 0.2) is 18.5 Å². The molecule has 3 fully saturated rings. The third-order valence-corrected chi connectivity index (χ3v) is 6.90. The van der Waals surface area contributed by atoms with Crippen molar-refractivity contribution < 1.29 is 24.2 Å². The standard InChI is InChI=1S/C26H31N3O5/c30-16-15-27-11-13-28(14-12-27)24(31)22-23-25(32)29(18-20-9-5-2-6-10-20)21(26(33-22)34-23)17-19-7-3-1-4-8-19/h1-10,21-23,26,30H,11-18H2/t21-,22+,23+,26+/m0/s1. The third-order valence-electron chi connectivity index (χ3n) is 6.90. The van der Waals surface area contributed by atoms with E-state index in [-0.39, 0.29) is 24.5 Å². The first-order valence-corrected chi connectivity index (χ1v) is 12.0. The fraction of sp³-hybridized carbons (Fsp3) is 0.462. The van der Waals surface area contributed by atoms with E-state index in [4.69, 9.17) is 14.6 Å². The summed E-state index contributed by atoms with van der Waals surface area (Å²) in [6.07, 6.45) is -1.93. The van der Waals surface area contributed by atoms with Gasteiger partial charge >= 0.3 is 0 Å². The van der Waals surface area contributed by atoms with Gasteiger partial charge in [-0.25, -0.2) is 0 Å². The average Bonchev–Trinajstić information content (AvgIpc) is 3.28. The van der Waals surface area contributed by atoms with Crippen molar-refractivity contribution in [2.45, 2.75) is 37.5 Å². The van der Waals surface area contributed by atoms with Crippen LogP contribution >= 0.6 is 0 Å². The second-order valence-electron chi connectivity index (χ2n) is 9.08. The van der Waals surface area contributed by atoms with Crippen molar-refractivity contribution in [1.29, 1.82) is 0 Å². The highest BCUT2D eigenvalue weighted by atomic mass is 16.7. The van der Waals surface area contributed by atoms with Crippen molar-refractivity contribution in [2.75, 3.05) is 39.3 Å². The number of fused-ring (bicyclic) bond motifs is 2. The van der Waals surface area contributed by atoms with Gasteiger partial charge in [-0.05, 0) is 17.5 Å². The minimum atomic E-state index is -0.930. The van der Waals surface area contributed by atoms with Crippen molar-refractivity contribution in [1.82, 2.24) is 14.7 Å². The van der Waals surface area contributed by atoms with Crippen molar-refractivity contribution in [3.05, 3.63) is 71.8 Å². The molecule has 4 atom stereocenters. The highest BCUT2D eigenvalue weighted by Crippen LogP contribution is 2.35. The first kappa shape index (κ1) is 23.0. The molecular formula is C26H31N3O5. The van der Waals surface area contributed by atoms with Crippen molar-refractivity contribution >= 4 is 11.8 Å². The third kappa shape index (κ3) is 4.72. The normalized spacial score (nSPS) is 27.3. The first-order chi connectivity index (χ1) is 16.6. The predicted octanol–water partition coefficient (Wildman–Crippen LogP) is 0.887. The van der Waals surface area contributed by atoms with Gasteiger partial charge in [0.1, 0.15) is 0 Å². The molecule has 5 rings (SSSR count). The molecule has 1 N–H and O–H groups in total. The maximum absolute atomic E-state index is 13.6. The summed E-state index contributed by atoms with van der Waals surface area (Å²) in [5, 5.41) is 9.16. The second-order valence-corrected chi connectivity index (χ2v) is 9.08. The van der Waals surface area contributed by atoms with E-state index in [0.29, 0.717) is 45.7 Å². The Morgan fingerprint density at radius 1 is 0.912 bits per heavy atom. The Labute approximate surface area is 199 Å². The Morgan fingerprint density at radius 3 is 2.21 bits per heavy atom. The summed E-state index contributed by atoms with van der Waals surface area (Å²) in [5.41, 5.74) is 2.11. The highest BCUT2D eigenvalue weighted by Gasteiger charge is 2.56. The number of benzene rings is 2. The van der Waals surface area contributed by atoms with E-state index in [1.165, 1.54) is 0 Å². The molecule has 2 aromatic rings. The van der Waals surface area contributed by atoms with Crippen LogP contribution < -0.4 is 0 Å². The summed E-state index contributed by atoms with van der Waals surface area (Å²) in [4.78, 5) is 32.7. The molecule has 8 heteroatoms. The zero-order valence-electron chi connectivity index (χ0n) is 19.2. The Morgan fingerprint density at radius 2 is 1.56 bits per heavy atom. The van der Waals surface area contributed by atoms with Crippen LogP contribution in [0.4, 0.5) is 0 Å². The number of carbonyl (C=O) groups excluding carboxylic acids is 2. The maximum atomic E-state index is 13.6. The molecule has 0 spiro atoms. The number of piperazine rings is 1. The Hall–Kier alpha value is -2.78. The van der Waals surface area contributed by atoms with Crippen LogP contribution in [0.5, 0.6) is 0 Å². The van der Waals surface area contributed by atoms with E-state index in [9.17, 15) is 9.59 Å². The molecule has 8 nitrogen and oxygen atoms in total.